The number of aromatic nitrogens is 1. The number of carboxylic acid groups (broad SMARTS) is 1. The Labute approximate surface area is 328 Å². The standard InChI is InChI=1S/C35H43N3O8S2.C6H15N/c1-34(2)27-15-13-21-37(22-14-24-47(41,42)43)33(27)36-30(34)16-9-6-5-7-10-17-31-35(3,4)28-25-26(48(44,45)46)19-20-29(28)38(31)23-12-8-11-18-32(39)40;1-4-7(5-2)6-3/h5-7,9-10,13,15-17,19-21,25H,8,11-12,14,18,22-24H2,1-4H3,(H2-,39,40,41,42,43,44,45,46);4-6H2,1-3H3. The van der Waals surface area contributed by atoms with Gasteiger partial charge in [-0.05, 0) is 107 Å². The molecule has 0 saturated carbocycles. The number of allylic oxidation sites excluding steroid dienone is 8. The van der Waals surface area contributed by atoms with Crippen LogP contribution in [-0.2, 0) is 42.4 Å². The summed E-state index contributed by atoms with van der Waals surface area (Å²) in [7, 11) is -8.91. The maximum Gasteiger partial charge on any atom is 0.327 e. The van der Waals surface area contributed by atoms with E-state index in [1.807, 2.05) is 79.3 Å². The summed E-state index contributed by atoms with van der Waals surface area (Å²) in [5.41, 5.74) is 3.37. The van der Waals surface area contributed by atoms with E-state index in [9.17, 15) is 30.7 Å². The molecule has 55 heavy (non-hydrogen) atoms. The molecular formula is C41H58N4O8S2. The molecule has 1 aromatic carbocycles. The lowest BCUT2D eigenvalue weighted by Crippen LogP contribution is -3.11. The zero-order valence-electron chi connectivity index (χ0n) is 33.2. The third kappa shape index (κ3) is 12.5. The SMILES string of the molecule is CC1(C)C(/C=C/C=C/C=C/C=C2\N(CCCCCC(=O)O)c3ccc(S(=O)(=O)[O-])cc3C2(C)C)=Nc2c1ccc[n+]2CCCS(=O)(=O)[O-].CC[NH+](CC)CC. The van der Waals surface area contributed by atoms with Crippen LogP contribution in [0.1, 0.15) is 91.7 Å². The second-order valence-corrected chi connectivity index (χ2v) is 17.7. The number of unbranched alkanes of at least 4 members (excludes halogenated alkanes) is 2. The van der Waals surface area contributed by atoms with Crippen LogP contribution >= 0.6 is 0 Å². The zero-order valence-corrected chi connectivity index (χ0v) is 34.9. The van der Waals surface area contributed by atoms with Crippen molar-refractivity contribution in [3.05, 3.63) is 95.9 Å². The molecule has 0 atom stereocenters. The second kappa shape index (κ2) is 19.8. The average Bonchev–Trinajstić information content (AvgIpc) is 3.49. The first kappa shape index (κ1) is 45.4. The van der Waals surface area contributed by atoms with Crippen LogP contribution in [0.25, 0.3) is 0 Å². The van der Waals surface area contributed by atoms with Gasteiger partial charge in [0.2, 0.25) is 0 Å². The van der Waals surface area contributed by atoms with E-state index >= 15 is 0 Å². The van der Waals surface area contributed by atoms with Crippen LogP contribution in [0.4, 0.5) is 11.5 Å². The molecule has 0 fully saturated rings. The van der Waals surface area contributed by atoms with Gasteiger partial charge < -0.3 is 24.0 Å². The van der Waals surface area contributed by atoms with Crippen LogP contribution in [0.5, 0.6) is 0 Å². The van der Waals surface area contributed by atoms with E-state index in [0.29, 0.717) is 19.5 Å². The van der Waals surface area contributed by atoms with E-state index in [1.165, 1.54) is 31.8 Å². The number of hydrogen-bond donors (Lipinski definition) is 2. The van der Waals surface area contributed by atoms with Gasteiger partial charge in [0.05, 0.1) is 58.4 Å². The summed E-state index contributed by atoms with van der Waals surface area (Å²) in [6.07, 6.45) is 17.5. The van der Waals surface area contributed by atoms with Gasteiger partial charge in [0, 0.05) is 35.5 Å². The molecular weight excluding hydrogens is 741 g/mol. The van der Waals surface area contributed by atoms with Crippen molar-refractivity contribution in [2.24, 2.45) is 4.99 Å². The summed E-state index contributed by atoms with van der Waals surface area (Å²) in [6, 6.07) is 8.34. The van der Waals surface area contributed by atoms with E-state index in [1.54, 1.807) is 11.0 Å². The molecule has 3 heterocycles. The normalized spacial score (nSPS) is 16.9. The molecule has 0 saturated heterocycles. The Morgan fingerprint density at radius 2 is 1.53 bits per heavy atom. The summed E-state index contributed by atoms with van der Waals surface area (Å²) in [4.78, 5) is 19.3. The Morgan fingerprint density at radius 3 is 2.13 bits per heavy atom. The molecule has 12 nitrogen and oxygen atoms in total. The van der Waals surface area contributed by atoms with Gasteiger partial charge in [-0.25, -0.2) is 21.4 Å². The number of benzene rings is 1. The molecule has 4 rings (SSSR count). The minimum atomic E-state index is -4.63. The molecule has 2 N–H and O–H groups in total. The fraction of sp³-hybridized carbons (Fsp3) is 0.488. The minimum Gasteiger partial charge on any atom is -0.748 e. The van der Waals surface area contributed by atoms with Crippen LogP contribution in [0.2, 0.25) is 0 Å². The van der Waals surface area contributed by atoms with E-state index in [0.717, 1.165) is 46.9 Å². The van der Waals surface area contributed by atoms with E-state index in [4.69, 9.17) is 10.1 Å². The van der Waals surface area contributed by atoms with Crippen molar-refractivity contribution in [1.29, 1.82) is 0 Å². The molecule has 2 aromatic rings. The maximum atomic E-state index is 11.8. The molecule has 302 valence electrons. The van der Waals surface area contributed by atoms with Crippen LogP contribution in [0.15, 0.2) is 94.6 Å². The van der Waals surface area contributed by atoms with Gasteiger partial charge in [0.1, 0.15) is 10.1 Å². The molecule has 1 aromatic heterocycles. The number of pyridine rings is 1. The quantitative estimate of drug-likeness (QED) is 0.0900. The Hall–Kier alpha value is -3.95. The molecule has 0 unspecified atom stereocenters. The summed E-state index contributed by atoms with van der Waals surface area (Å²) < 4.78 is 70.3. The Morgan fingerprint density at radius 1 is 0.873 bits per heavy atom. The van der Waals surface area contributed by atoms with Gasteiger partial charge in [0.25, 0.3) is 0 Å². The summed E-state index contributed by atoms with van der Waals surface area (Å²) in [5.74, 6) is -0.514. The fourth-order valence-corrected chi connectivity index (χ4v) is 7.87. The van der Waals surface area contributed by atoms with Gasteiger partial charge in [-0.15, -0.1) is 0 Å². The number of fused-ring (bicyclic) bond motifs is 2. The number of aliphatic carboxylic acids is 1. The predicted octanol–water partition coefficient (Wildman–Crippen LogP) is 5.10. The number of quaternary nitrogens is 1. The van der Waals surface area contributed by atoms with Crippen molar-refractivity contribution in [2.75, 3.05) is 36.8 Å². The molecule has 2 aliphatic rings. The first-order valence-corrected chi connectivity index (χ1v) is 22.0. The van der Waals surface area contributed by atoms with Gasteiger partial charge >= 0.3 is 11.8 Å². The monoisotopic (exact) mass is 798 g/mol. The van der Waals surface area contributed by atoms with Crippen LogP contribution < -0.4 is 14.4 Å². The van der Waals surface area contributed by atoms with Gasteiger partial charge in [-0.3, -0.25) is 4.79 Å². The highest BCUT2D eigenvalue weighted by atomic mass is 32.2. The lowest BCUT2D eigenvalue weighted by molar-refractivity contribution is -0.894. The Kier molecular flexibility index (Phi) is 16.3. The summed E-state index contributed by atoms with van der Waals surface area (Å²) in [5, 5.41) is 8.96. The number of nitrogens with zero attached hydrogens (tertiary/aromatic N) is 3. The first-order valence-electron chi connectivity index (χ1n) is 19.0. The third-order valence-corrected chi connectivity index (χ3v) is 11.9. The van der Waals surface area contributed by atoms with Crippen molar-refractivity contribution >= 4 is 43.4 Å². The number of anilines is 1. The Bertz CT molecular complexity index is 2020. The lowest BCUT2D eigenvalue weighted by Gasteiger charge is -2.27. The number of nitrogens with one attached hydrogen (secondary N) is 1. The number of aryl methyl sites for hydroxylation is 1. The van der Waals surface area contributed by atoms with Crippen molar-refractivity contribution < 1.29 is 45.3 Å². The molecule has 14 heteroatoms. The Balaban J connectivity index is 0.00000106. The highest BCUT2D eigenvalue weighted by Gasteiger charge is 2.42. The lowest BCUT2D eigenvalue weighted by atomic mass is 9.82. The number of carbonyl (C=O) groups is 1. The maximum absolute atomic E-state index is 11.8. The number of carboxylic acids is 1. The van der Waals surface area contributed by atoms with E-state index < -0.39 is 37.4 Å². The minimum absolute atomic E-state index is 0.106. The van der Waals surface area contributed by atoms with E-state index in [2.05, 4.69) is 39.5 Å². The topological polar surface area (TPSA) is 176 Å². The number of rotatable bonds is 18. The number of aliphatic imine (C=N–C) groups is 1. The van der Waals surface area contributed by atoms with Gasteiger partial charge in [-0.1, -0.05) is 50.6 Å². The second-order valence-electron chi connectivity index (χ2n) is 14.8. The predicted molar refractivity (Wildman–Crippen MR) is 215 cm³/mol. The summed E-state index contributed by atoms with van der Waals surface area (Å²) in [6.45, 7) is 19.6. The van der Waals surface area contributed by atoms with Crippen LogP contribution in [0, 0.1) is 0 Å². The third-order valence-electron chi connectivity index (χ3n) is 10.3. The van der Waals surface area contributed by atoms with Crippen LogP contribution in [0.3, 0.4) is 0 Å². The fourth-order valence-electron chi connectivity index (χ4n) is 6.89. The molecule has 0 spiro atoms. The molecule has 0 amide bonds. The zero-order chi connectivity index (χ0) is 41.0. The van der Waals surface area contributed by atoms with Crippen molar-refractivity contribution in [1.82, 2.24) is 0 Å². The van der Waals surface area contributed by atoms with Crippen molar-refractivity contribution in [2.45, 2.75) is 103 Å². The van der Waals surface area contributed by atoms with Crippen molar-refractivity contribution in [3.63, 3.8) is 0 Å². The average molecular weight is 799 g/mol. The highest BCUT2D eigenvalue weighted by molar-refractivity contribution is 7.86. The number of hydrogen-bond acceptors (Lipinski definition) is 9. The molecule has 0 bridgehead atoms. The van der Waals surface area contributed by atoms with Gasteiger partial charge in [0.15, 0.2) is 5.71 Å². The largest absolute Gasteiger partial charge is 0.748 e. The smallest absolute Gasteiger partial charge is 0.327 e. The molecule has 0 radical (unpaired) electrons. The van der Waals surface area contributed by atoms with Gasteiger partial charge in [-0.2, -0.15) is 0 Å². The van der Waals surface area contributed by atoms with Crippen molar-refractivity contribution in [3.8, 4) is 0 Å². The van der Waals surface area contributed by atoms with E-state index in [-0.39, 0.29) is 23.2 Å². The van der Waals surface area contributed by atoms with Crippen LogP contribution in [-0.4, -0.2) is 74.7 Å². The summed E-state index contributed by atoms with van der Waals surface area (Å²) >= 11 is 0. The highest BCUT2D eigenvalue weighted by Crippen LogP contribution is 2.48. The molecule has 2 aliphatic heterocycles. The first-order chi connectivity index (χ1) is 25.8. The molecule has 0 aliphatic carbocycles.